The highest BCUT2D eigenvalue weighted by Gasteiger charge is 2.26. The van der Waals surface area contributed by atoms with E-state index >= 15 is 0 Å². The van der Waals surface area contributed by atoms with Gasteiger partial charge in [-0.05, 0) is 57.7 Å². The molecule has 0 aromatic heterocycles. The highest BCUT2D eigenvalue weighted by Crippen LogP contribution is 2.33. The number of rotatable bonds is 4. The van der Waals surface area contributed by atoms with Crippen LogP contribution in [0.15, 0.2) is 18.2 Å². The Morgan fingerprint density at radius 3 is 2.62 bits per heavy atom. The zero-order valence-corrected chi connectivity index (χ0v) is 15.7. The van der Waals surface area contributed by atoms with Crippen LogP contribution < -0.4 is 15.4 Å². The fourth-order valence-corrected chi connectivity index (χ4v) is 4.01. The van der Waals surface area contributed by atoms with Crippen LogP contribution in [0.2, 0.25) is 0 Å². The zero-order chi connectivity index (χ0) is 17.0. The molecule has 3 heteroatoms. The van der Waals surface area contributed by atoms with Crippen LogP contribution in [-0.2, 0) is 6.42 Å². The molecule has 1 aliphatic carbocycles. The van der Waals surface area contributed by atoms with Crippen molar-refractivity contribution in [1.29, 1.82) is 0 Å². The minimum absolute atomic E-state index is 0.123. The van der Waals surface area contributed by atoms with Gasteiger partial charge in [-0.25, -0.2) is 0 Å². The molecular weight excluding hydrogens is 296 g/mol. The van der Waals surface area contributed by atoms with Crippen LogP contribution in [0.25, 0.3) is 0 Å². The van der Waals surface area contributed by atoms with E-state index in [2.05, 4.69) is 49.6 Å². The SMILES string of the molecule is CC(Cc1ccc2c(c1)NCC(C)(C)O2)NC1CCCCCCC1. The maximum Gasteiger partial charge on any atom is 0.143 e. The first-order valence-electron chi connectivity index (χ1n) is 9.84. The molecule has 1 aromatic carbocycles. The molecule has 0 bridgehead atoms. The molecule has 0 amide bonds. The maximum absolute atomic E-state index is 6.05. The van der Waals surface area contributed by atoms with Gasteiger partial charge in [-0.3, -0.25) is 0 Å². The molecule has 134 valence electrons. The lowest BCUT2D eigenvalue weighted by atomic mass is 9.95. The second-order valence-corrected chi connectivity index (χ2v) is 8.36. The molecule has 0 spiro atoms. The van der Waals surface area contributed by atoms with E-state index in [1.54, 1.807) is 0 Å². The van der Waals surface area contributed by atoms with E-state index in [0.717, 1.165) is 24.4 Å². The van der Waals surface area contributed by atoms with Crippen LogP contribution in [0.5, 0.6) is 5.75 Å². The standard InChI is InChI=1S/C21H34N2O/c1-16(23-18-9-7-5-4-6-8-10-18)13-17-11-12-20-19(14-17)22-15-21(2,3)24-20/h11-12,14,16,18,22-23H,4-10,13,15H2,1-3H3. The summed E-state index contributed by atoms with van der Waals surface area (Å²) in [7, 11) is 0. The summed E-state index contributed by atoms with van der Waals surface area (Å²) in [5.41, 5.74) is 2.40. The van der Waals surface area contributed by atoms with Crippen LogP contribution in [-0.4, -0.2) is 24.2 Å². The first-order valence-corrected chi connectivity index (χ1v) is 9.84. The van der Waals surface area contributed by atoms with Crippen molar-refractivity contribution in [1.82, 2.24) is 5.32 Å². The Balaban J connectivity index is 1.55. The Kier molecular flexibility index (Phi) is 5.70. The van der Waals surface area contributed by atoms with Crippen LogP contribution in [0, 0.1) is 0 Å². The molecule has 1 atom stereocenters. The van der Waals surface area contributed by atoms with E-state index in [1.165, 1.54) is 50.5 Å². The van der Waals surface area contributed by atoms with Gasteiger partial charge in [-0.1, -0.05) is 38.2 Å². The highest BCUT2D eigenvalue weighted by molar-refractivity contribution is 5.60. The summed E-state index contributed by atoms with van der Waals surface area (Å²) >= 11 is 0. The predicted molar refractivity (Wildman–Crippen MR) is 102 cm³/mol. The minimum Gasteiger partial charge on any atom is -0.484 e. The second kappa shape index (κ2) is 7.77. The number of hydrogen-bond acceptors (Lipinski definition) is 3. The van der Waals surface area contributed by atoms with E-state index in [9.17, 15) is 0 Å². The van der Waals surface area contributed by atoms with Crippen LogP contribution in [0.1, 0.15) is 71.3 Å². The molecule has 3 nitrogen and oxygen atoms in total. The quantitative estimate of drug-likeness (QED) is 0.823. The average molecular weight is 331 g/mol. The van der Waals surface area contributed by atoms with Crippen molar-refractivity contribution in [3.05, 3.63) is 23.8 Å². The van der Waals surface area contributed by atoms with Crippen molar-refractivity contribution in [3.63, 3.8) is 0 Å². The number of benzene rings is 1. The van der Waals surface area contributed by atoms with Crippen molar-refractivity contribution in [2.24, 2.45) is 0 Å². The van der Waals surface area contributed by atoms with E-state index in [1.807, 2.05) is 0 Å². The predicted octanol–water partition coefficient (Wildman–Crippen LogP) is 4.90. The molecule has 0 saturated heterocycles. The minimum atomic E-state index is -0.123. The highest BCUT2D eigenvalue weighted by atomic mass is 16.5. The van der Waals surface area contributed by atoms with Gasteiger partial charge in [-0.2, -0.15) is 0 Å². The molecular formula is C21H34N2O. The van der Waals surface area contributed by atoms with Crippen molar-refractivity contribution >= 4 is 5.69 Å². The first kappa shape index (κ1) is 17.6. The first-order chi connectivity index (χ1) is 11.5. The summed E-state index contributed by atoms with van der Waals surface area (Å²) in [4.78, 5) is 0. The summed E-state index contributed by atoms with van der Waals surface area (Å²) in [6.45, 7) is 7.43. The summed E-state index contributed by atoms with van der Waals surface area (Å²) in [5, 5.41) is 7.39. The van der Waals surface area contributed by atoms with Gasteiger partial charge in [0.1, 0.15) is 11.4 Å². The number of hydrogen-bond donors (Lipinski definition) is 2. The van der Waals surface area contributed by atoms with Gasteiger partial charge in [-0.15, -0.1) is 0 Å². The lowest BCUT2D eigenvalue weighted by Crippen LogP contribution is -2.40. The third-order valence-corrected chi connectivity index (χ3v) is 5.30. The van der Waals surface area contributed by atoms with E-state index in [4.69, 9.17) is 4.74 Å². The third-order valence-electron chi connectivity index (χ3n) is 5.30. The Labute approximate surface area is 147 Å². The van der Waals surface area contributed by atoms with E-state index in [-0.39, 0.29) is 5.60 Å². The van der Waals surface area contributed by atoms with E-state index < -0.39 is 0 Å². The Bertz CT molecular complexity index is 533. The summed E-state index contributed by atoms with van der Waals surface area (Å²) in [6.07, 6.45) is 10.8. The molecule has 1 aliphatic heterocycles. The fraction of sp³-hybridized carbons (Fsp3) is 0.714. The number of anilines is 1. The Morgan fingerprint density at radius 2 is 1.88 bits per heavy atom. The van der Waals surface area contributed by atoms with Crippen molar-refractivity contribution in [2.75, 3.05) is 11.9 Å². The smallest absolute Gasteiger partial charge is 0.143 e. The third kappa shape index (κ3) is 4.89. The Morgan fingerprint density at radius 1 is 1.17 bits per heavy atom. The molecule has 2 aliphatic rings. The topological polar surface area (TPSA) is 33.3 Å². The van der Waals surface area contributed by atoms with Gasteiger partial charge in [0.25, 0.3) is 0 Å². The Hall–Kier alpha value is -1.22. The molecule has 24 heavy (non-hydrogen) atoms. The second-order valence-electron chi connectivity index (χ2n) is 8.36. The monoisotopic (exact) mass is 330 g/mol. The molecule has 1 unspecified atom stereocenters. The largest absolute Gasteiger partial charge is 0.484 e. The average Bonchev–Trinajstić information content (AvgIpc) is 2.49. The lowest BCUT2D eigenvalue weighted by Gasteiger charge is -2.33. The number of ether oxygens (including phenoxy) is 1. The van der Waals surface area contributed by atoms with Crippen molar-refractivity contribution < 1.29 is 4.74 Å². The summed E-state index contributed by atoms with van der Waals surface area (Å²) < 4.78 is 6.05. The number of fused-ring (bicyclic) bond motifs is 1. The van der Waals surface area contributed by atoms with Crippen LogP contribution in [0.3, 0.4) is 0 Å². The van der Waals surface area contributed by atoms with Gasteiger partial charge in [0.2, 0.25) is 0 Å². The van der Waals surface area contributed by atoms with Gasteiger partial charge in [0.15, 0.2) is 0 Å². The van der Waals surface area contributed by atoms with Gasteiger partial charge in [0, 0.05) is 12.1 Å². The van der Waals surface area contributed by atoms with Gasteiger partial charge in [0.05, 0.1) is 12.2 Å². The van der Waals surface area contributed by atoms with Crippen LogP contribution >= 0.6 is 0 Å². The van der Waals surface area contributed by atoms with Crippen molar-refractivity contribution in [3.8, 4) is 5.75 Å². The molecule has 1 heterocycles. The van der Waals surface area contributed by atoms with Gasteiger partial charge < -0.3 is 15.4 Å². The molecule has 2 N–H and O–H groups in total. The zero-order valence-electron chi connectivity index (χ0n) is 15.7. The fourth-order valence-electron chi connectivity index (χ4n) is 4.01. The lowest BCUT2D eigenvalue weighted by molar-refractivity contribution is 0.116. The van der Waals surface area contributed by atoms with Crippen LogP contribution in [0.4, 0.5) is 5.69 Å². The summed E-state index contributed by atoms with van der Waals surface area (Å²) in [6, 6.07) is 7.84. The molecule has 1 saturated carbocycles. The molecule has 1 aromatic rings. The van der Waals surface area contributed by atoms with Gasteiger partial charge >= 0.3 is 0 Å². The molecule has 3 rings (SSSR count). The molecule has 0 radical (unpaired) electrons. The number of nitrogens with one attached hydrogen (secondary N) is 2. The normalized spacial score (nSPS) is 22.5. The maximum atomic E-state index is 6.05. The summed E-state index contributed by atoms with van der Waals surface area (Å²) in [5.74, 6) is 0.982. The molecule has 1 fully saturated rings. The van der Waals surface area contributed by atoms with Crippen molar-refractivity contribution in [2.45, 2.75) is 89.8 Å². The van der Waals surface area contributed by atoms with E-state index in [0.29, 0.717) is 12.1 Å².